The summed E-state index contributed by atoms with van der Waals surface area (Å²) in [5.74, 6) is -0.250. The van der Waals surface area contributed by atoms with E-state index in [1.165, 1.54) is 17.4 Å². The van der Waals surface area contributed by atoms with Crippen LogP contribution in [0.2, 0.25) is 0 Å². The molecule has 1 aromatic heterocycles. The standard InChI is InChI=1S/C19H25N3O3S/c1-18(2,3)25-17(24)20-12-19(4,5)22-15(23)10-11-16-21-13-8-6-7-9-14(13)26-16/h6-11H,12H2,1-5H3,(H,20,24)(H,22,23). The maximum atomic E-state index is 12.2. The molecule has 2 rings (SSSR count). The smallest absolute Gasteiger partial charge is 0.407 e. The molecule has 2 aromatic rings. The summed E-state index contributed by atoms with van der Waals surface area (Å²) < 4.78 is 6.27. The van der Waals surface area contributed by atoms with Crippen LogP contribution in [-0.2, 0) is 9.53 Å². The zero-order valence-electron chi connectivity index (χ0n) is 15.8. The minimum Gasteiger partial charge on any atom is -0.444 e. The summed E-state index contributed by atoms with van der Waals surface area (Å²) in [6.45, 7) is 9.30. The molecule has 7 heteroatoms. The second-order valence-corrected chi connectivity index (χ2v) is 8.64. The van der Waals surface area contributed by atoms with Crippen LogP contribution in [0.3, 0.4) is 0 Å². The first kappa shape index (κ1) is 19.9. The van der Waals surface area contributed by atoms with Gasteiger partial charge < -0.3 is 15.4 Å². The fourth-order valence-electron chi connectivity index (χ4n) is 2.13. The monoisotopic (exact) mass is 375 g/mol. The molecule has 0 saturated carbocycles. The van der Waals surface area contributed by atoms with Crippen LogP contribution in [0.1, 0.15) is 39.6 Å². The molecule has 0 fully saturated rings. The molecule has 0 spiro atoms. The van der Waals surface area contributed by atoms with Crippen LogP contribution in [0.5, 0.6) is 0 Å². The number of hydrogen-bond acceptors (Lipinski definition) is 5. The Balaban J connectivity index is 1.87. The minimum absolute atomic E-state index is 0.250. The number of alkyl carbamates (subject to hydrolysis) is 1. The van der Waals surface area contributed by atoms with Crippen molar-refractivity contribution < 1.29 is 14.3 Å². The Morgan fingerprint density at radius 2 is 1.88 bits per heavy atom. The lowest BCUT2D eigenvalue weighted by Crippen LogP contribution is -2.51. The number of nitrogens with zero attached hydrogens (tertiary/aromatic N) is 1. The fourth-order valence-corrected chi connectivity index (χ4v) is 3.01. The highest BCUT2D eigenvalue weighted by Crippen LogP contribution is 2.22. The number of rotatable bonds is 5. The zero-order valence-corrected chi connectivity index (χ0v) is 16.6. The molecular formula is C19H25N3O3S. The average molecular weight is 375 g/mol. The lowest BCUT2D eigenvalue weighted by Gasteiger charge is -2.27. The van der Waals surface area contributed by atoms with Crippen molar-refractivity contribution in [1.82, 2.24) is 15.6 Å². The van der Waals surface area contributed by atoms with E-state index < -0.39 is 17.2 Å². The molecule has 0 atom stereocenters. The summed E-state index contributed by atoms with van der Waals surface area (Å²) in [5.41, 5.74) is -0.261. The number of benzene rings is 1. The van der Waals surface area contributed by atoms with Gasteiger partial charge in [-0.2, -0.15) is 0 Å². The van der Waals surface area contributed by atoms with E-state index in [4.69, 9.17) is 4.74 Å². The van der Waals surface area contributed by atoms with Crippen LogP contribution in [-0.4, -0.2) is 34.7 Å². The van der Waals surface area contributed by atoms with E-state index in [0.717, 1.165) is 15.2 Å². The molecule has 26 heavy (non-hydrogen) atoms. The highest BCUT2D eigenvalue weighted by molar-refractivity contribution is 7.19. The highest BCUT2D eigenvalue weighted by atomic mass is 32.1. The minimum atomic E-state index is -0.619. The second kappa shape index (κ2) is 7.86. The van der Waals surface area contributed by atoms with Gasteiger partial charge >= 0.3 is 6.09 Å². The van der Waals surface area contributed by atoms with Crippen molar-refractivity contribution in [2.45, 2.75) is 45.8 Å². The molecular weight excluding hydrogens is 350 g/mol. The Labute approximate surface area is 157 Å². The van der Waals surface area contributed by atoms with Crippen molar-refractivity contribution in [3.05, 3.63) is 35.3 Å². The van der Waals surface area contributed by atoms with Gasteiger partial charge in [-0.25, -0.2) is 9.78 Å². The van der Waals surface area contributed by atoms with Crippen LogP contribution < -0.4 is 10.6 Å². The van der Waals surface area contributed by atoms with Gasteiger partial charge in [0.15, 0.2) is 0 Å². The quantitative estimate of drug-likeness (QED) is 0.781. The molecule has 2 amide bonds. The molecule has 0 saturated heterocycles. The van der Waals surface area contributed by atoms with Gasteiger partial charge in [0.2, 0.25) is 5.91 Å². The van der Waals surface area contributed by atoms with Gasteiger partial charge in [0.1, 0.15) is 10.6 Å². The van der Waals surface area contributed by atoms with Crippen LogP contribution >= 0.6 is 11.3 Å². The summed E-state index contributed by atoms with van der Waals surface area (Å²) in [6, 6.07) is 7.83. The van der Waals surface area contributed by atoms with Gasteiger partial charge in [0.05, 0.1) is 15.8 Å². The van der Waals surface area contributed by atoms with E-state index >= 15 is 0 Å². The van der Waals surface area contributed by atoms with Gasteiger partial charge in [0.25, 0.3) is 0 Å². The third-order valence-electron chi connectivity index (χ3n) is 3.22. The van der Waals surface area contributed by atoms with Crippen molar-refractivity contribution >= 4 is 39.6 Å². The first-order chi connectivity index (χ1) is 12.0. The van der Waals surface area contributed by atoms with E-state index in [0.29, 0.717) is 0 Å². The van der Waals surface area contributed by atoms with Crippen LogP contribution in [0.25, 0.3) is 16.3 Å². The van der Waals surface area contributed by atoms with Gasteiger partial charge in [-0.3, -0.25) is 4.79 Å². The summed E-state index contributed by atoms with van der Waals surface area (Å²) >= 11 is 1.53. The normalized spacial score (nSPS) is 12.3. The van der Waals surface area contributed by atoms with Crippen molar-refractivity contribution in [1.29, 1.82) is 0 Å². The largest absolute Gasteiger partial charge is 0.444 e. The molecule has 0 aliphatic carbocycles. The van der Waals surface area contributed by atoms with E-state index in [1.54, 1.807) is 26.8 Å². The first-order valence-electron chi connectivity index (χ1n) is 8.37. The Kier molecular flexibility index (Phi) is 6.02. The molecule has 0 bridgehead atoms. The molecule has 2 N–H and O–H groups in total. The van der Waals surface area contributed by atoms with E-state index in [-0.39, 0.29) is 12.5 Å². The number of aromatic nitrogens is 1. The van der Waals surface area contributed by atoms with Crippen molar-refractivity contribution in [3.8, 4) is 0 Å². The SMILES string of the molecule is CC(C)(CNC(=O)OC(C)(C)C)NC(=O)C=Cc1nc2ccccc2s1. The number of carbonyl (C=O) groups is 2. The maximum absolute atomic E-state index is 12.2. The number of hydrogen-bond donors (Lipinski definition) is 2. The fraction of sp³-hybridized carbons (Fsp3) is 0.421. The number of thiazole rings is 1. The number of fused-ring (bicyclic) bond motifs is 1. The average Bonchev–Trinajstić information content (AvgIpc) is 2.92. The van der Waals surface area contributed by atoms with Crippen LogP contribution in [0.15, 0.2) is 30.3 Å². The van der Waals surface area contributed by atoms with E-state index in [2.05, 4.69) is 15.6 Å². The van der Waals surface area contributed by atoms with E-state index in [1.807, 2.05) is 38.1 Å². The molecule has 140 valence electrons. The third kappa shape index (κ3) is 6.48. The molecule has 1 heterocycles. The summed E-state index contributed by atoms with van der Waals surface area (Å²) in [4.78, 5) is 28.3. The lowest BCUT2D eigenvalue weighted by atomic mass is 10.1. The van der Waals surface area contributed by atoms with Crippen LogP contribution in [0, 0.1) is 0 Å². The topological polar surface area (TPSA) is 80.3 Å². The number of para-hydroxylation sites is 1. The van der Waals surface area contributed by atoms with E-state index in [9.17, 15) is 9.59 Å². The first-order valence-corrected chi connectivity index (χ1v) is 9.18. The molecule has 0 aliphatic rings. The Hall–Kier alpha value is -2.41. The van der Waals surface area contributed by atoms with Gasteiger partial charge in [-0.1, -0.05) is 12.1 Å². The predicted octanol–water partition coefficient (Wildman–Crippen LogP) is 3.73. The number of amides is 2. The van der Waals surface area contributed by atoms with Crippen molar-refractivity contribution in [2.75, 3.05) is 6.54 Å². The van der Waals surface area contributed by atoms with Gasteiger partial charge in [-0.15, -0.1) is 11.3 Å². The molecule has 0 radical (unpaired) electrons. The highest BCUT2D eigenvalue weighted by Gasteiger charge is 2.22. The van der Waals surface area contributed by atoms with Gasteiger partial charge in [-0.05, 0) is 52.8 Å². The summed E-state index contributed by atoms with van der Waals surface area (Å²) in [5, 5.41) is 6.29. The Morgan fingerprint density at radius 1 is 1.19 bits per heavy atom. The third-order valence-corrected chi connectivity index (χ3v) is 4.22. The molecule has 0 unspecified atom stereocenters. The Bertz CT molecular complexity index is 786. The molecule has 6 nitrogen and oxygen atoms in total. The molecule has 0 aliphatic heterocycles. The number of nitrogens with one attached hydrogen (secondary N) is 2. The predicted molar refractivity (Wildman–Crippen MR) is 105 cm³/mol. The van der Waals surface area contributed by atoms with Gasteiger partial charge in [0, 0.05) is 12.6 Å². The van der Waals surface area contributed by atoms with Crippen molar-refractivity contribution in [2.24, 2.45) is 0 Å². The Morgan fingerprint density at radius 3 is 2.54 bits per heavy atom. The van der Waals surface area contributed by atoms with Crippen molar-refractivity contribution in [3.63, 3.8) is 0 Å². The maximum Gasteiger partial charge on any atom is 0.407 e. The lowest BCUT2D eigenvalue weighted by molar-refractivity contribution is -0.117. The number of ether oxygens (including phenoxy) is 1. The molecule has 1 aromatic carbocycles. The number of carbonyl (C=O) groups excluding carboxylic acids is 2. The second-order valence-electron chi connectivity index (χ2n) is 7.58. The summed E-state index contributed by atoms with van der Waals surface area (Å²) in [6.07, 6.45) is 2.63. The summed E-state index contributed by atoms with van der Waals surface area (Å²) in [7, 11) is 0. The van der Waals surface area contributed by atoms with Crippen LogP contribution in [0.4, 0.5) is 4.79 Å². The zero-order chi connectivity index (χ0) is 19.4.